The second-order valence-electron chi connectivity index (χ2n) is 6.43. The molecular formula is C21H13BrF3NO2S2. The summed E-state index contributed by atoms with van der Waals surface area (Å²) in [6, 6.07) is 15.2. The Morgan fingerprint density at radius 2 is 1.67 bits per heavy atom. The summed E-state index contributed by atoms with van der Waals surface area (Å²) < 4.78 is 70.2. The van der Waals surface area contributed by atoms with Gasteiger partial charge in [-0.2, -0.15) is 0 Å². The average molecular weight is 512 g/mol. The minimum Gasteiger partial charge on any atom is -0.251 e. The van der Waals surface area contributed by atoms with Gasteiger partial charge < -0.3 is 0 Å². The van der Waals surface area contributed by atoms with Gasteiger partial charge >= 0.3 is 0 Å². The molecule has 3 aromatic carbocycles. The third-order valence-electron chi connectivity index (χ3n) is 4.44. The molecule has 1 heterocycles. The number of rotatable bonds is 5. The number of fused-ring (bicyclic) bond motifs is 1. The molecule has 154 valence electrons. The predicted molar refractivity (Wildman–Crippen MR) is 116 cm³/mol. The van der Waals surface area contributed by atoms with Crippen LogP contribution in [-0.4, -0.2) is 8.42 Å². The molecule has 0 atom stereocenters. The van der Waals surface area contributed by atoms with Crippen LogP contribution in [0.5, 0.6) is 0 Å². The molecule has 0 aliphatic carbocycles. The first-order chi connectivity index (χ1) is 14.3. The SMILES string of the molecule is O=S(=O)(c1cccc(F)c1)N(Cc1ccc(F)c(F)c1)c1sc2ccccc2c1Br. The third-order valence-corrected chi connectivity index (χ3v) is 8.55. The highest BCUT2D eigenvalue weighted by Crippen LogP contribution is 2.44. The molecule has 0 N–H and O–H groups in total. The normalized spacial score (nSPS) is 11.7. The van der Waals surface area contributed by atoms with Crippen molar-refractivity contribution in [2.75, 3.05) is 4.31 Å². The Morgan fingerprint density at radius 3 is 2.37 bits per heavy atom. The van der Waals surface area contributed by atoms with Crippen LogP contribution in [0.2, 0.25) is 0 Å². The van der Waals surface area contributed by atoms with Crippen LogP contribution in [0.4, 0.5) is 18.2 Å². The van der Waals surface area contributed by atoms with Gasteiger partial charge in [-0.3, -0.25) is 4.31 Å². The molecule has 0 spiro atoms. The zero-order valence-corrected chi connectivity index (χ0v) is 18.4. The van der Waals surface area contributed by atoms with Crippen molar-refractivity contribution >= 4 is 52.4 Å². The topological polar surface area (TPSA) is 37.4 Å². The molecule has 0 aliphatic heterocycles. The van der Waals surface area contributed by atoms with Crippen LogP contribution < -0.4 is 4.31 Å². The molecule has 0 radical (unpaired) electrons. The molecule has 4 rings (SSSR count). The van der Waals surface area contributed by atoms with Gasteiger partial charge in [-0.25, -0.2) is 21.6 Å². The molecule has 0 amide bonds. The Hall–Kier alpha value is -2.36. The van der Waals surface area contributed by atoms with Crippen LogP contribution in [0, 0.1) is 17.5 Å². The summed E-state index contributed by atoms with van der Waals surface area (Å²) in [6.45, 7) is -0.262. The van der Waals surface area contributed by atoms with Gasteiger partial charge in [0.1, 0.15) is 10.8 Å². The number of thiophene rings is 1. The lowest BCUT2D eigenvalue weighted by Crippen LogP contribution is -2.30. The van der Waals surface area contributed by atoms with Crippen LogP contribution in [0.15, 0.2) is 76.1 Å². The Kier molecular flexibility index (Phi) is 5.61. The molecule has 0 saturated heterocycles. The molecule has 0 saturated carbocycles. The van der Waals surface area contributed by atoms with E-state index in [1.807, 2.05) is 24.3 Å². The number of hydrogen-bond acceptors (Lipinski definition) is 3. The number of nitrogens with zero attached hydrogens (tertiary/aromatic N) is 1. The van der Waals surface area contributed by atoms with Gasteiger partial charge in [0.25, 0.3) is 10.0 Å². The van der Waals surface area contributed by atoms with Crippen LogP contribution >= 0.6 is 27.3 Å². The highest BCUT2D eigenvalue weighted by molar-refractivity contribution is 9.10. The van der Waals surface area contributed by atoms with E-state index in [-0.39, 0.29) is 17.0 Å². The van der Waals surface area contributed by atoms with Crippen molar-refractivity contribution in [3.8, 4) is 0 Å². The fourth-order valence-corrected chi connectivity index (χ4v) is 6.84. The highest BCUT2D eigenvalue weighted by atomic mass is 79.9. The summed E-state index contributed by atoms with van der Waals surface area (Å²) in [4.78, 5) is -0.241. The number of hydrogen-bond donors (Lipinski definition) is 0. The third kappa shape index (κ3) is 3.84. The quantitative estimate of drug-likeness (QED) is 0.307. The number of anilines is 1. The Bertz CT molecular complexity index is 1360. The first-order valence-corrected chi connectivity index (χ1v) is 11.7. The van der Waals surface area contributed by atoms with E-state index >= 15 is 0 Å². The van der Waals surface area contributed by atoms with Crippen molar-refractivity contribution in [3.05, 3.63) is 94.2 Å². The largest absolute Gasteiger partial charge is 0.265 e. The molecule has 0 fully saturated rings. The van der Waals surface area contributed by atoms with E-state index < -0.39 is 27.5 Å². The van der Waals surface area contributed by atoms with Crippen LogP contribution in [0.3, 0.4) is 0 Å². The van der Waals surface area contributed by atoms with Crippen molar-refractivity contribution in [1.82, 2.24) is 0 Å². The molecule has 0 unspecified atom stereocenters. The van der Waals surface area contributed by atoms with Crippen molar-refractivity contribution in [1.29, 1.82) is 0 Å². The van der Waals surface area contributed by atoms with E-state index in [0.717, 1.165) is 38.7 Å². The molecule has 0 aliphatic rings. The summed E-state index contributed by atoms with van der Waals surface area (Å²) in [5.74, 6) is -2.80. The van der Waals surface area contributed by atoms with Gasteiger partial charge in [0.2, 0.25) is 0 Å². The Morgan fingerprint density at radius 1 is 0.900 bits per heavy atom. The molecule has 4 aromatic rings. The lowest BCUT2D eigenvalue weighted by Gasteiger charge is -2.24. The van der Waals surface area contributed by atoms with Crippen LogP contribution in [0.1, 0.15) is 5.56 Å². The van der Waals surface area contributed by atoms with Gasteiger partial charge in [-0.1, -0.05) is 30.3 Å². The van der Waals surface area contributed by atoms with Crippen LogP contribution in [-0.2, 0) is 16.6 Å². The van der Waals surface area contributed by atoms with E-state index in [0.29, 0.717) is 9.47 Å². The van der Waals surface area contributed by atoms with E-state index in [2.05, 4.69) is 15.9 Å². The zero-order chi connectivity index (χ0) is 21.5. The molecular weight excluding hydrogens is 499 g/mol. The number of sulfonamides is 1. The van der Waals surface area contributed by atoms with Crippen LogP contribution in [0.25, 0.3) is 10.1 Å². The maximum absolute atomic E-state index is 13.8. The van der Waals surface area contributed by atoms with Gasteiger partial charge in [-0.05, 0) is 57.9 Å². The van der Waals surface area contributed by atoms with Crippen molar-refractivity contribution in [2.45, 2.75) is 11.4 Å². The minimum absolute atomic E-state index is 0.241. The van der Waals surface area contributed by atoms with Gasteiger partial charge in [0, 0.05) is 10.1 Å². The number of halogens is 4. The zero-order valence-electron chi connectivity index (χ0n) is 15.2. The van der Waals surface area contributed by atoms with Gasteiger partial charge in [-0.15, -0.1) is 11.3 Å². The van der Waals surface area contributed by atoms with Gasteiger partial charge in [0.05, 0.1) is 15.9 Å². The lowest BCUT2D eigenvalue weighted by atomic mass is 10.2. The molecule has 1 aromatic heterocycles. The molecule has 3 nitrogen and oxygen atoms in total. The smallest absolute Gasteiger partial charge is 0.251 e. The van der Waals surface area contributed by atoms with Gasteiger partial charge in [0.15, 0.2) is 11.6 Å². The average Bonchev–Trinajstić information content (AvgIpc) is 3.05. The van der Waals surface area contributed by atoms with E-state index in [1.165, 1.54) is 29.5 Å². The standard InChI is InChI=1S/C21H13BrF3NO2S2/c22-20-16-6-1-2-7-19(16)29-21(20)26(12-13-8-9-17(24)18(25)10-13)30(27,28)15-5-3-4-14(23)11-15/h1-11H,12H2. The van der Waals surface area contributed by atoms with Crippen molar-refractivity contribution in [3.63, 3.8) is 0 Å². The maximum Gasteiger partial charge on any atom is 0.265 e. The summed E-state index contributed by atoms with van der Waals surface area (Å²) >= 11 is 4.69. The summed E-state index contributed by atoms with van der Waals surface area (Å²) in [6.07, 6.45) is 0. The van der Waals surface area contributed by atoms with E-state index in [1.54, 1.807) is 0 Å². The first kappa shape index (κ1) is 20.9. The Balaban J connectivity index is 1.89. The number of benzene rings is 3. The van der Waals surface area contributed by atoms with E-state index in [9.17, 15) is 21.6 Å². The van der Waals surface area contributed by atoms with E-state index in [4.69, 9.17) is 0 Å². The maximum atomic E-state index is 13.8. The highest BCUT2D eigenvalue weighted by Gasteiger charge is 2.29. The molecule has 30 heavy (non-hydrogen) atoms. The summed E-state index contributed by atoms with van der Waals surface area (Å²) in [7, 11) is -4.21. The Labute approximate surface area is 183 Å². The fourth-order valence-electron chi connectivity index (χ4n) is 2.99. The summed E-state index contributed by atoms with van der Waals surface area (Å²) in [5.41, 5.74) is 0.248. The first-order valence-electron chi connectivity index (χ1n) is 8.66. The minimum atomic E-state index is -4.21. The predicted octanol–water partition coefficient (Wildman–Crippen LogP) is 6.48. The molecule has 0 bridgehead atoms. The lowest BCUT2D eigenvalue weighted by molar-refractivity contribution is 0.507. The second-order valence-corrected chi connectivity index (χ2v) is 10.1. The fraction of sp³-hybridized carbons (Fsp3) is 0.0476. The van der Waals surface area contributed by atoms with Crippen molar-refractivity contribution in [2.24, 2.45) is 0 Å². The summed E-state index contributed by atoms with van der Waals surface area (Å²) in [5, 5.41) is 1.16. The van der Waals surface area contributed by atoms with Crippen molar-refractivity contribution < 1.29 is 21.6 Å². The molecule has 9 heteroatoms. The monoisotopic (exact) mass is 511 g/mol. The second kappa shape index (κ2) is 8.05.